The Morgan fingerprint density at radius 1 is 1.33 bits per heavy atom. The Labute approximate surface area is 121 Å². The van der Waals surface area contributed by atoms with E-state index in [0.29, 0.717) is 12.4 Å². The number of ether oxygens (including phenoxy) is 1. The topological polar surface area (TPSA) is 89.2 Å². The van der Waals surface area contributed by atoms with E-state index in [1.165, 1.54) is 12.1 Å². The quantitative estimate of drug-likeness (QED) is 0.654. The Balaban J connectivity index is 1.63. The van der Waals surface area contributed by atoms with Gasteiger partial charge in [0.25, 0.3) is 5.69 Å². The number of nitro benzene ring substituents is 1. The Bertz CT molecular complexity index is 540. The van der Waals surface area contributed by atoms with Crippen LogP contribution in [-0.4, -0.2) is 48.6 Å². The molecule has 1 saturated heterocycles. The first-order valence-electron chi connectivity index (χ1n) is 6.76. The van der Waals surface area contributed by atoms with Gasteiger partial charge in [-0.25, -0.2) is 4.99 Å². The summed E-state index contributed by atoms with van der Waals surface area (Å²) in [5.41, 5.74) is 3.73. The lowest BCUT2D eigenvalue weighted by Crippen LogP contribution is -2.39. The molecule has 0 aromatic heterocycles. The van der Waals surface area contributed by atoms with Crippen LogP contribution < -0.4 is 5.48 Å². The largest absolute Gasteiger partial charge is 0.390 e. The van der Waals surface area contributed by atoms with E-state index in [4.69, 9.17) is 9.57 Å². The normalized spacial score (nSPS) is 22.7. The van der Waals surface area contributed by atoms with Gasteiger partial charge in [0.15, 0.2) is 6.17 Å². The van der Waals surface area contributed by atoms with Crippen molar-refractivity contribution in [3.63, 3.8) is 0 Å². The zero-order valence-electron chi connectivity index (χ0n) is 11.4. The number of hydrogen-bond donors (Lipinski definition) is 1. The molecule has 2 heterocycles. The van der Waals surface area contributed by atoms with Gasteiger partial charge >= 0.3 is 0 Å². The maximum atomic E-state index is 10.6. The summed E-state index contributed by atoms with van der Waals surface area (Å²) in [5, 5.41) is 10.6. The van der Waals surface area contributed by atoms with Gasteiger partial charge in [-0.05, 0) is 17.7 Å². The van der Waals surface area contributed by atoms with Crippen LogP contribution in [0, 0.1) is 10.1 Å². The number of benzene rings is 1. The lowest BCUT2D eigenvalue weighted by Gasteiger charge is -2.25. The number of nitrogens with zero attached hydrogens (tertiary/aromatic N) is 3. The highest BCUT2D eigenvalue weighted by atomic mass is 16.7. The predicted octanol–water partition coefficient (Wildman–Crippen LogP) is 0.859. The van der Waals surface area contributed by atoms with Crippen molar-refractivity contribution in [2.75, 3.05) is 32.8 Å². The zero-order chi connectivity index (χ0) is 14.7. The first kappa shape index (κ1) is 13.9. The molecular weight excluding hydrogens is 276 g/mol. The fourth-order valence-corrected chi connectivity index (χ4v) is 2.27. The number of hydrogen-bond acceptors (Lipinski definition) is 7. The molecule has 2 aliphatic rings. The summed E-state index contributed by atoms with van der Waals surface area (Å²) in [6, 6.07) is 6.29. The third-order valence-corrected chi connectivity index (χ3v) is 3.44. The van der Waals surface area contributed by atoms with E-state index in [1.54, 1.807) is 12.1 Å². The molecule has 1 aromatic carbocycles. The smallest absolute Gasteiger partial charge is 0.269 e. The van der Waals surface area contributed by atoms with Crippen molar-refractivity contribution in [3.05, 3.63) is 39.9 Å². The first-order chi connectivity index (χ1) is 10.2. The number of hydroxylamine groups is 1. The van der Waals surface area contributed by atoms with Crippen molar-refractivity contribution >= 4 is 11.6 Å². The highest BCUT2D eigenvalue weighted by Gasteiger charge is 2.23. The molecule has 1 fully saturated rings. The Hall–Kier alpha value is -2.03. The molecule has 8 nitrogen and oxygen atoms in total. The average Bonchev–Trinajstić information content (AvgIpc) is 2.97. The van der Waals surface area contributed by atoms with E-state index in [9.17, 15) is 10.1 Å². The highest BCUT2D eigenvalue weighted by molar-refractivity contribution is 5.79. The number of nitro groups is 1. The van der Waals surface area contributed by atoms with Crippen molar-refractivity contribution in [1.82, 2.24) is 10.4 Å². The summed E-state index contributed by atoms with van der Waals surface area (Å²) in [7, 11) is 0. The van der Waals surface area contributed by atoms with Gasteiger partial charge in [0, 0.05) is 25.2 Å². The fourth-order valence-electron chi connectivity index (χ4n) is 2.27. The fraction of sp³-hybridized carbons (Fsp3) is 0.462. The second kappa shape index (κ2) is 6.17. The summed E-state index contributed by atoms with van der Waals surface area (Å²) in [5.74, 6) is 0.625. The monoisotopic (exact) mass is 292 g/mol. The molecule has 21 heavy (non-hydrogen) atoms. The van der Waals surface area contributed by atoms with Crippen LogP contribution in [-0.2, 0) is 9.57 Å². The van der Waals surface area contributed by atoms with Gasteiger partial charge in [-0.2, -0.15) is 0 Å². The van der Waals surface area contributed by atoms with Gasteiger partial charge in [0.1, 0.15) is 0 Å². The minimum Gasteiger partial charge on any atom is -0.390 e. The predicted molar refractivity (Wildman–Crippen MR) is 74.8 cm³/mol. The van der Waals surface area contributed by atoms with Gasteiger partial charge in [-0.15, -0.1) is 5.48 Å². The maximum absolute atomic E-state index is 10.6. The molecular formula is C13H16N4O4. The molecule has 0 radical (unpaired) electrons. The summed E-state index contributed by atoms with van der Waals surface area (Å²) < 4.78 is 5.29. The van der Waals surface area contributed by atoms with Crippen molar-refractivity contribution in [1.29, 1.82) is 0 Å². The molecule has 0 spiro atoms. The molecule has 3 rings (SSSR count). The molecule has 0 bridgehead atoms. The highest BCUT2D eigenvalue weighted by Crippen LogP contribution is 2.21. The maximum Gasteiger partial charge on any atom is 0.269 e. The first-order valence-corrected chi connectivity index (χ1v) is 6.76. The van der Waals surface area contributed by atoms with Crippen LogP contribution in [0.2, 0.25) is 0 Å². The minimum absolute atomic E-state index is 0.0650. The number of nitrogens with one attached hydrogen (secondary N) is 1. The Morgan fingerprint density at radius 3 is 2.71 bits per heavy atom. The van der Waals surface area contributed by atoms with E-state index in [-0.39, 0.29) is 11.9 Å². The minimum atomic E-state index is -0.421. The van der Waals surface area contributed by atoms with E-state index in [0.717, 1.165) is 31.9 Å². The molecule has 1 aromatic rings. The molecule has 0 unspecified atom stereocenters. The molecule has 0 aliphatic carbocycles. The molecule has 2 aliphatic heterocycles. The summed E-state index contributed by atoms with van der Waals surface area (Å²) in [6.07, 6.45) is -0.318. The second-order valence-electron chi connectivity index (χ2n) is 4.88. The van der Waals surface area contributed by atoms with Gasteiger partial charge in [0.05, 0.1) is 24.7 Å². The number of non-ortho nitro benzene ring substituents is 1. The number of rotatable bonds is 4. The van der Waals surface area contributed by atoms with Crippen molar-refractivity contribution in [3.8, 4) is 0 Å². The molecule has 8 heteroatoms. The van der Waals surface area contributed by atoms with Crippen LogP contribution in [0.4, 0.5) is 5.69 Å². The lowest BCUT2D eigenvalue weighted by molar-refractivity contribution is -0.384. The van der Waals surface area contributed by atoms with Crippen molar-refractivity contribution < 1.29 is 14.5 Å². The van der Waals surface area contributed by atoms with Crippen molar-refractivity contribution in [2.45, 2.75) is 6.17 Å². The van der Waals surface area contributed by atoms with E-state index in [1.807, 2.05) is 0 Å². The van der Waals surface area contributed by atoms with Gasteiger partial charge in [0.2, 0.25) is 5.90 Å². The third-order valence-electron chi connectivity index (χ3n) is 3.44. The Kier molecular flexibility index (Phi) is 4.09. The molecule has 1 atom stereocenters. The third kappa shape index (κ3) is 3.35. The van der Waals surface area contributed by atoms with Crippen LogP contribution in [0.25, 0.3) is 0 Å². The van der Waals surface area contributed by atoms with E-state index < -0.39 is 4.92 Å². The van der Waals surface area contributed by atoms with E-state index >= 15 is 0 Å². The average molecular weight is 292 g/mol. The SMILES string of the molecule is O=[N+]([O-])c1ccc([C@@H]2N=C(CN3CCOCC3)ON2)cc1. The second-order valence-corrected chi connectivity index (χ2v) is 4.88. The molecule has 0 amide bonds. The van der Waals surface area contributed by atoms with Gasteiger partial charge in [-0.1, -0.05) is 0 Å². The van der Waals surface area contributed by atoms with Gasteiger partial charge < -0.3 is 9.57 Å². The van der Waals surface area contributed by atoms with Crippen LogP contribution in [0.3, 0.4) is 0 Å². The standard InChI is InChI=1S/C13H16N4O4/c18-17(19)11-3-1-10(2-4-11)13-14-12(21-15-13)9-16-5-7-20-8-6-16/h1-4,13,15H,5-9H2/t13-/m1/s1. The summed E-state index contributed by atoms with van der Waals surface area (Å²) in [4.78, 5) is 22.3. The lowest BCUT2D eigenvalue weighted by atomic mass is 10.1. The van der Waals surface area contributed by atoms with Crippen LogP contribution in [0.15, 0.2) is 29.3 Å². The van der Waals surface area contributed by atoms with E-state index in [2.05, 4.69) is 15.4 Å². The van der Waals surface area contributed by atoms with Crippen LogP contribution in [0.1, 0.15) is 11.7 Å². The number of aliphatic imine (C=N–C) groups is 1. The molecule has 0 saturated carbocycles. The number of morpholine rings is 1. The summed E-state index contributed by atoms with van der Waals surface area (Å²) >= 11 is 0. The van der Waals surface area contributed by atoms with Gasteiger partial charge in [-0.3, -0.25) is 15.0 Å². The van der Waals surface area contributed by atoms with Crippen LogP contribution in [0.5, 0.6) is 0 Å². The van der Waals surface area contributed by atoms with Crippen LogP contribution >= 0.6 is 0 Å². The summed E-state index contributed by atoms with van der Waals surface area (Å²) in [6.45, 7) is 3.83. The molecule has 1 N–H and O–H groups in total. The zero-order valence-corrected chi connectivity index (χ0v) is 11.4. The van der Waals surface area contributed by atoms with Crippen molar-refractivity contribution in [2.24, 2.45) is 4.99 Å². The molecule has 112 valence electrons. The Morgan fingerprint density at radius 2 is 2.05 bits per heavy atom.